The van der Waals surface area contributed by atoms with Crippen LogP contribution in [0.25, 0.3) is 0 Å². The molecule has 2 aliphatic carbocycles. The van der Waals surface area contributed by atoms with Crippen molar-refractivity contribution in [2.24, 2.45) is 0 Å². The van der Waals surface area contributed by atoms with Gasteiger partial charge in [-0.15, -0.1) is 0 Å². The van der Waals surface area contributed by atoms with E-state index in [4.69, 9.17) is 4.74 Å². The van der Waals surface area contributed by atoms with Crippen molar-refractivity contribution in [3.8, 4) is 23.0 Å². The summed E-state index contributed by atoms with van der Waals surface area (Å²) < 4.78 is 5.35. The fourth-order valence-electron chi connectivity index (χ4n) is 5.38. The van der Waals surface area contributed by atoms with Crippen molar-refractivity contribution in [3.05, 3.63) is 92.6 Å². The zero-order valence-electron chi connectivity index (χ0n) is 24.8. The first-order valence-corrected chi connectivity index (χ1v) is 13.8. The van der Waals surface area contributed by atoms with Crippen LogP contribution in [0.3, 0.4) is 0 Å². The lowest BCUT2D eigenvalue weighted by Gasteiger charge is -2.27. The van der Waals surface area contributed by atoms with Gasteiger partial charge in [0.15, 0.2) is 23.1 Å². The molecule has 0 aromatic heterocycles. The third-order valence-corrected chi connectivity index (χ3v) is 7.42. The standard InChI is InChI=1S/C34H32O10/c1-15(2)6-8-18(19-12-24(38)28-22(36)9-10-23(37)30(28)32(19)41)20-13-25(39)29-26(40)14-21(34(43)31(29)33(20)42)27(44-17(5)35)11-7-16(3)4/h6-7,9-10,12-14,18,27,36-37,39,42H,8,11H2,1-5H3/t18-,27-/m1/s1. The molecule has 0 fully saturated rings. The molecule has 0 spiro atoms. The fraction of sp³-hybridized carbons (Fsp3) is 0.265. The number of fused-ring (bicyclic) bond motifs is 2. The van der Waals surface area contributed by atoms with E-state index in [2.05, 4.69) is 0 Å². The zero-order chi connectivity index (χ0) is 32.6. The highest BCUT2D eigenvalue weighted by molar-refractivity contribution is 6.28. The Hall–Kier alpha value is -5.25. The van der Waals surface area contributed by atoms with Crippen LogP contribution in [0.15, 0.2) is 64.8 Å². The first-order valence-electron chi connectivity index (χ1n) is 13.8. The zero-order valence-corrected chi connectivity index (χ0v) is 24.8. The second kappa shape index (κ2) is 12.2. The Morgan fingerprint density at radius 1 is 0.705 bits per heavy atom. The normalized spacial score (nSPS) is 15.4. The number of hydrogen-bond acceptors (Lipinski definition) is 10. The van der Waals surface area contributed by atoms with Gasteiger partial charge < -0.3 is 25.2 Å². The second-order valence-corrected chi connectivity index (χ2v) is 11.2. The summed E-state index contributed by atoms with van der Waals surface area (Å²) in [7, 11) is 0. The monoisotopic (exact) mass is 600 g/mol. The van der Waals surface area contributed by atoms with Crippen LogP contribution in [0.1, 0.15) is 100 Å². The molecule has 10 nitrogen and oxygen atoms in total. The average Bonchev–Trinajstić information content (AvgIpc) is 2.93. The molecule has 2 atom stereocenters. The lowest BCUT2D eigenvalue weighted by atomic mass is 9.76. The molecule has 0 unspecified atom stereocenters. The maximum Gasteiger partial charge on any atom is 0.303 e. The first kappa shape index (κ1) is 31.7. The van der Waals surface area contributed by atoms with E-state index < -0.39 is 80.8 Å². The molecule has 44 heavy (non-hydrogen) atoms. The summed E-state index contributed by atoms with van der Waals surface area (Å²) in [6.07, 6.45) is 4.30. The molecule has 10 heteroatoms. The highest BCUT2D eigenvalue weighted by Crippen LogP contribution is 2.47. The number of carbonyl (C=O) groups is 5. The number of ketones is 4. The predicted octanol–water partition coefficient (Wildman–Crippen LogP) is 5.55. The van der Waals surface area contributed by atoms with Gasteiger partial charge in [0.2, 0.25) is 0 Å². The smallest absolute Gasteiger partial charge is 0.303 e. The largest absolute Gasteiger partial charge is 0.507 e. The van der Waals surface area contributed by atoms with Gasteiger partial charge in [0.05, 0.1) is 22.3 Å². The Labute approximate surface area is 253 Å². The van der Waals surface area contributed by atoms with Gasteiger partial charge in [-0.25, -0.2) is 0 Å². The minimum absolute atomic E-state index is 0.00929. The molecule has 0 bridgehead atoms. The minimum Gasteiger partial charge on any atom is -0.507 e. The fourth-order valence-corrected chi connectivity index (χ4v) is 5.38. The molecule has 0 radical (unpaired) electrons. The van der Waals surface area contributed by atoms with E-state index in [1.165, 1.54) is 0 Å². The van der Waals surface area contributed by atoms with Crippen molar-refractivity contribution in [3.63, 3.8) is 0 Å². The number of ether oxygens (including phenoxy) is 1. The molecule has 0 saturated carbocycles. The number of phenolic OH excluding ortho intramolecular Hbond substituents is 4. The molecule has 0 amide bonds. The van der Waals surface area contributed by atoms with Gasteiger partial charge in [0, 0.05) is 36.0 Å². The van der Waals surface area contributed by atoms with Crippen molar-refractivity contribution >= 4 is 29.1 Å². The molecule has 0 saturated heterocycles. The first-order chi connectivity index (χ1) is 20.6. The summed E-state index contributed by atoms with van der Waals surface area (Å²) in [6.45, 7) is 8.32. The molecule has 2 aliphatic rings. The van der Waals surface area contributed by atoms with Gasteiger partial charge in [0.25, 0.3) is 0 Å². The lowest BCUT2D eigenvalue weighted by molar-refractivity contribution is -0.144. The summed E-state index contributed by atoms with van der Waals surface area (Å²) >= 11 is 0. The summed E-state index contributed by atoms with van der Waals surface area (Å²) in [6, 6.07) is 3.22. The number of phenols is 4. The molecule has 0 aliphatic heterocycles. The van der Waals surface area contributed by atoms with Crippen LogP contribution in [0, 0.1) is 0 Å². The Balaban J connectivity index is 1.92. The van der Waals surface area contributed by atoms with E-state index in [0.29, 0.717) is 0 Å². The molecule has 2 aromatic carbocycles. The Bertz CT molecular complexity index is 1760. The van der Waals surface area contributed by atoms with Gasteiger partial charge in [-0.05, 0) is 64.5 Å². The van der Waals surface area contributed by atoms with Gasteiger partial charge in [-0.1, -0.05) is 23.3 Å². The highest BCUT2D eigenvalue weighted by atomic mass is 16.5. The lowest BCUT2D eigenvalue weighted by Crippen LogP contribution is -2.29. The number of aromatic hydroxyl groups is 4. The summed E-state index contributed by atoms with van der Waals surface area (Å²) in [5.41, 5.74) is -0.631. The van der Waals surface area contributed by atoms with Crippen LogP contribution in [-0.2, 0) is 9.53 Å². The van der Waals surface area contributed by atoms with Crippen LogP contribution < -0.4 is 0 Å². The van der Waals surface area contributed by atoms with E-state index in [1.54, 1.807) is 39.8 Å². The number of benzene rings is 2. The van der Waals surface area contributed by atoms with E-state index >= 15 is 0 Å². The highest BCUT2D eigenvalue weighted by Gasteiger charge is 2.40. The Kier molecular flexibility index (Phi) is 8.76. The maximum absolute atomic E-state index is 13.9. The molecular weight excluding hydrogens is 568 g/mol. The quantitative estimate of drug-likeness (QED) is 0.171. The molecule has 2 aromatic rings. The average molecular weight is 601 g/mol. The number of esters is 1. The predicted molar refractivity (Wildman–Crippen MR) is 159 cm³/mol. The molecule has 0 heterocycles. The van der Waals surface area contributed by atoms with E-state index in [-0.39, 0.29) is 35.1 Å². The number of rotatable bonds is 8. The van der Waals surface area contributed by atoms with Gasteiger partial charge in [-0.3, -0.25) is 24.0 Å². The third kappa shape index (κ3) is 5.83. The Morgan fingerprint density at radius 2 is 1.20 bits per heavy atom. The number of Topliss-reactive ketones (excluding diaryl/α,β-unsaturated/α-hetero) is 2. The van der Waals surface area contributed by atoms with E-state index in [9.17, 15) is 44.4 Å². The van der Waals surface area contributed by atoms with Crippen LogP contribution in [0.4, 0.5) is 0 Å². The summed E-state index contributed by atoms with van der Waals surface area (Å²) in [5, 5.41) is 43.3. The van der Waals surface area contributed by atoms with Crippen molar-refractivity contribution in [2.75, 3.05) is 0 Å². The van der Waals surface area contributed by atoms with Crippen molar-refractivity contribution in [1.82, 2.24) is 0 Å². The van der Waals surface area contributed by atoms with Crippen molar-refractivity contribution < 1.29 is 49.1 Å². The topological polar surface area (TPSA) is 176 Å². The Morgan fingerprint density at radius 3 is 1.77 bits per heavy atom. The van der Waals surface area contributed by atoms with Crippen LogP contribution in [0.5, 0.6) is 23.0 Å². The van der Waals surface area contributed by atoms with Gasteiger partial charge in [-0.2, -0.15) is 0 Å². The van der Waals surface area contributed by atoms with Crippen LogP contribution >= 0.6 is 0 Å². The molecule has 4 rings (SSSR count). The van der Waals surface area contributed by atoms with Gasteiger partial charge >= 0.3 is 5.97 Å². The summed E-state index contributed by atoms with van der Waals surface area (Å²) in [5.74, 6) is -7.48. The minimum atomic E-state index is -1.16. The molecular formula is C34H32O10. The van der Waals surface area contributed by atoms with Crippen molar-refractivity contribution in [1.29, 1.82) is 0 Å². The maximum atomic E-state index is 13.9. The number of allylic oxidation sites excluding steroid dienone is 6. The SMILES string of the molecule is CC(=O)O[C@H](CC=C(C)C)C1=CC(=O)c2c(O)cc([C@H](CC=C(C)C)C3=CC(=O)c4c(O)ccc(O)c4C3=O)c(O)c2C1=O. The van der Waals surface area contributed by atoms with E-state index in [1.807, 2.05) is 0 Å². The molecule has 228 valence electrons. The van der Waals surface area contributed by atoms with E-state index in [0.717, 1.165) is 48.4 Å². The summed E-state index contributed by atoms with van der Waals surface area (Å²) in [4.78, 5) is 65.8. The molecule has 4 N–H and O–H groups in total. The van der Waals surface area contributed by atoms with Gasteiger partial charge in [0.1, 0.15) is 29.1 Å². The van der Waals surface area contributed by atoms with Crippen molar-refractivity contribution in [2.45, 2.75) is 59.5 Å². The second-order valence-electron chi connectivity index (χ2n) is 11.2. The number of carbonyl (C=O) groups excluding carboxylic acids is 5. The van der Waals surface area contributed by atoms with Crippen LogP contribution in [-0.4, -0.2) is 55.6 Å². The van der Waals surface area contributed by atoms with Crippen LogP contribution in [0.2, 0.25) is 0 Å². The third-order valence-electron chi connectivity index (χ3n) is 7.42. The number of hydrogen-bond donors (Lipinski definition) is 4.